The van der Waals surface area contributed by atoms with Gasteiger partial charge in [0.1, 0.15) is 12.6 Å². The van der Waals surface area contributed by atoms with Crippen LogP contribution in [-0.4, -0.2) is 46.8 Å². The number of allylic oxidation sites excluding steroid dienone is 9. The van der Waals surface area contributed by atoms with Crippen molar-refractivity contribution in [2.75, 3.05) is 6.54 Å². The molecule has 10 unspecified atom stereocenters. The third kappa shape index (κ3) is 10.8. The molecule has 0 spiro atoms. The molecule has 4 saturated carbocycles. The normalized spacial score (nSPS) is 34.3. The molecule has 3 N–H and O–H groups in total. The van der Waals surface area contributed by atoms with Crippen molar-refractivity contribution >= 4 is 17.8 Å². The average molecular weight is 706 g/mol. The first-order valence-corrected chi connectivity index (χ1v) is 20.1. The standard InChI is InChI=1S/C44H67NO6/c1-5-6-7-8-9-10-11-12-13-14-15-16-17-18-19-20-42(50)51-34-27-28-43(3)33(29-34)22-23-35-37-25-24-36(44(37,4)39(46)30-38(35)43)32(2)21-26-40(47)45-31-41(48)49/h6-7,9-10,12-13,15-16,18-19,32-39,46H,5,8,11,14,17,20-31H2,1-4H3,(H,45,47)(H,48,49)/b7-6-,10-9-,13-12-,16-15-,19-18-. The predicted octanol–water partition coefficient (Wildman–Crippen LogP) is 9.29. The van der Waals surface area contributed by atoms with Crippen LogP contribution in [0.4, 0.5) is 0 Å². The molecule has 7 nitrogen and oxygen atoms in total. The number of fused-ring (bicyclic) bond motifs is 5. The van der Waals surface area contributed by atoms with Gasteiger partial charge in [-0.25, -0.2) is 0 Å². The Balaban J connectivity index is 1.19. The van der Waals surface area contributed by atoms with E-state index in [0.29, 0.717) is 48.9 Å². The monoisotopic (exact) mass is 705 g/mol. The van der Waals surface area contributed by atoms with Crippen LogP contribution in [0.3, 0.4) is 0 Å². The Morgan fingerprint density at radius 2 is 1.45 bits per heavy atom. The van der Waals surface area contributed by atoms with Gasteiger partial charge in [-0.05, 0) is 136 Å². The lowest BCUT2D eigenvalue weighted by atomic mass is 9.43. The molecule has 4 aliphatic carbocycles. The molecule has 4 aliphatic rings. The van der Waals surface area contributed by atoms with Gasteiger partial charge in [-0.15, -0.1) is 0 Å². The average Bonchev–Trinajstić information content (AvgIpc) is 3.47. The molecule has 0 heterocycles. The lowest BCUT2D eigenvalue weighted by Crippen LogP contribution is -2.59. The summed E-state index contributed by atoms with van der Waals surface area (Å²) in [6, 6.07) is 0. The Bertz CT molecular complexity index is 1300. The third-order valence-corrected chi connectivity index (χ3v) is 13.5. The number of hydrogen-bond donors (Lipinski definition) is 3. The molecule has 0 aliphatic heterocycles. The van der Waals surface area contributed by atoms with E-state index in [1.807, 2.05) is 12.2 Å². The second-order valence-electron chi connectivity index (χ2n) is 16.4. The molecule has 0 aromatic heterocycles. The number of hydrogen-bond acceptors (Lipinski definition) is 5. The Kier molecular flexibility index (Phi) is 15.8. The largest absolute Gasteiger partial charge is 0.480 e. The molecule has 0 aromatic carbocycles. The molecule has 1 amide bonds. The molecule has 284 valence electrons. The number of ether oxygens (including phenoxy) is 1. The smallest absolute Gasteiger partial charge is 0.322 e. The van der Waals surface area contributed by atoms with E-state index in [4.69, 9.17) is 9.84 Å². The van der Waals surface area contributed by atoms with Crippen molar-refractivity contribution in [2.24, 2.45) is 46.3 Å². The molecule has 10 atom stereocenters. The van der Waals surface area contributed by atoms with Crippen LogP contribution in [0, 0.1) is 46.3 Å². The number of nitrogens with one attached hydrogen (secondary N) is 1. The maximum atomic E-state index is 12.8. The zero-order valence-corrected chi connectivity index (χ0v) is 31.9. The number of aliphatic hydroxyl groups is 1. The fraction of sp³-hybridized carbons (Fsp3) is 0.705. The van der Waals surface area contributed by atoms with Gasteiger partial charge >= 0.3 is 11.9 Å². The maximum absolute atomic E-state index is 12.8. The number of esters is 1. The first-order valence-electron chi connectivity index (χ1n) is 20.1. The topological polar surface area (TPSA) is 113 Å². The molecular weight excluding hydrogens is 638 g/mol. The Morgan fingerprint density at radius 1 is 0.824 bits per heavy atom. The van der Waals surface area contributed by atoms with Crippen LogP contribution in [-0.2, 0) is 19.1 Å². The minimum atomic E-state index is -1.03. The summed E-state index contributed by atoms with van der Waals surface area (Å²) in [6.45, 7) is 8.80. The van der Waals surface area contributed by atoms with E-state index in [0.717, 1.165) is 77.0 Å². The fourth-order valence-corrected chi connectivity index (χ4v) is 10.7. The van der Waals surface area contributed by atoms with Crippen molar-refractivity contribution < 1.29 is 29.3 Å². The van der Waals surface area contributed by atoms with Gasteiger partial charge in [-0.3, -0.25) is 14.4 Å². The summed E-state index contributed by atoms with van der Waals surface area (Å²) in [5.41, 5.74) is 0.00152. The van der Waals surface area contributed by atoms with Crippen LogP contribution in [0.25, 0.3) is 0 Å². The molecule has 4 fully saturated rings. The van der Waals surface area contributed by atoms with Gasteiger partial charge in [0.15, 0.2) is 0 Å². The van der Waals surface area contributed by atoms with E-state index >= 15 is 0 Å². The second kappa shape index (κ2) is 19.8. The molecule has 0 aromatic rings. The number of rotatable bonds is 18. The number of carboxylic acid groups (broad SMARTS) is 1. The summed E-state index contributed by atoms with van der Waals surface area (Å²) < 4.78 is 6.02. The van der Waals surface area contributed by atoms with Crippen molar-refractivity contribution in [3.63, 3.8) is 0 Å². The van der Waals surface area contributed by atoms with E-state index in [-0.39, 0.29) is 47.4 Å². The van der Waals surface area contributed by atoms with Gasteiger partial charge in [0.2, 0.25) is 5.91 Å². The lowest BCUT2D eigenvalue weighted by molar-refractivity contribution is -0.181. The van der Waals surface area contributed by atoms with Crippen molar-refractivity contribution in [2.45, 2.75) is 143 Å². The number of carbonyl (C=O) groups is 3. The van der Waals surface area contributed by atoms with Gasteiger partial charge in [0, 0.05) is 6.42 Å². The third-order valence-electron chi connectivity index (χ3n) is 13.5. The van der Waals surface area contributed by atoms with Crippen molar-refractivity contribution in [3.05, 3.63) is 60.8 Å². The Hall–Kier alpha value is -2.93. The highest BCUT2D eigenvalue weighted by molar-refractivity contribution is 5.81. The number of carbonyl (C=O) groups excluding carboxylic acids is 2. The molecule has 0 bridgehead atoms. The predicted molar refractivity (Wildman–Crippen MR) is 205 cm³/mol. The van der Waals surface area contributed by atoms with Crippen LogP contribution < -0.4 is 5.32 Å². The van der Waals surface area contributed by atoms with E-state index in [2.05, 4.69) is 81.6 Å². The van der Waals surface area contributed by atoms with Gasteiger partial charge < -0.3 is 20.3 Å². The Morgan fingerprint density at radius 3 is 2.08 bits per heavy atom. The highest BCUT2D eigenvalue weighted by Gasteiger charge is 2.63. The highest BCUT2D eigenvalue weighted by atomic mass is 16.5. The first kappa shape index (κ1) is 40.8. The summed E-state index contributed by atoms with van der Waals surface area (Å²) in [5, 5.41) is 23.2. The second-order valence-corrected chi connectivity index (χ2v) is 16.4. The lowest BCUT2D eigenvalue weighted by Gasteiger charge is -2.62. The van der Waals surface area contributed by atoms with Crippen LogP contribution in [0.5, 0.6) is 0 Å². The van der Waals surface area contributed by atoms with E-state index in [9.17, 15) is 19.5 Å². The van der Waals surface area contributed by atoms with Crippen LogP contribution in [0.2, 0.25) is 0 Å². The number of aliphatic hydroxyl groups excluding tert-OH is 1. The minimum absolute atomic E-state index is 0.0157. The minimum Gasteiger partial charge on any atom is -0.480 e. The molecule has 4 rings (SSSR count). The van der Waals surface area contributed by atoms with Crippen molar-refractivity contribution in [1.29, 1.82) is 0 Å². The summed E-state index contributed by atoms with van der Waals surface area (Å²) in [7, 11) is 0. The van der Waals surface area contributed by atoms with Gasteiger partial charge in [0.05, 0.1) is 12.5 Å². The van der Waals surface area contributed by atoms with Gasteiger partial charge in [-0.1, -0.05) is 88.5 Å². The zero-order chi connectivity index (χ0) is 36.9. The van der Waals surface area contributed by atoms with Crippen molar-refractivity contribution in [1.82, 2.24) is 5.32 Å². The SMILES string of the molecule is CC/C=C\C/C=C\C/C=C\C/C=C\C/C=C\CC(=O)OC1CCC2(C)C(CCC3C2CC(O)C2(C)C(C(C)CCC(=O)NCC(=O)O)CCC32)C1. The molecular formula is C44H67NO6. The zero-order valence-electron chi connectivity index (χ0n) is 31.9. The van der Waals surface area contributed by atoms with Crippen molar-refractivity contribution in [3.8, 4) is 0 Å². The summed E-state index contributed by atoms with van der Waals surface area (Å²) >= 11 is 0. The van der Waals surface area contributed by atoms with Crippen LogP contribution >= 0.6 is 0 Å². The maximum Gasteiger partial charge on any atom is 0.322 e. The highest BCUT2D eigenvalue weighted by Crippen LogP contribution is 2.68. The molecule has 51 heavy (non-hydrogen) atoms. The molecule has 0 saturated heterocycles. The first-order chi connectivity index (χ1) is 24.5. The van der Waals surface area contributed by atoms with E-state index in [1.54, 1.807) is 0 Å². The number of aliphatic carboxylic acids is 1. The quantitative estimate of drug-likeness (QED) is 0.0968. The molecule has 0 radical (unpaired) electrons. The van der Waals surface area contributed by atoms with E-state index < -0.39 is 5.97 Å². The summed E-state index contributed by atoms with van der Waals surface area (Å²) in [4.78, 5) is 35.8. The van der Waals surface area contributed by atoms with Crippen LogP contribution in [0.1, 0.15) is 130 Å². The van der Waals surface area contributed by atoms with Gasteiger partial charge in [0.25, 0.3) is 0 Å². The number of carboxylic acids is 1. The molecule has 7 heteroatoms. The van der Waals surface area contributed by atoms with E-state index in [1.165, 1.54) is 6.42 Å². The van der Waals surface area contributed by atoms with Gasteiger partial charge in [-0.2, -0.15) is 0 Å². The fourth-order valence-electron chi connectivity index (χ4n) is 10.7. The van der Waals surface area contributed by atoms with Crippen LogP contribution in [0.15, 0.2) is 60.8 Å². The Labute approximate surface area is 308 Å². The number of amides is 1. The summed E-state index contributed by atoms with van der Waals surface area (Å²) in [5.74, 6) is 1.35. The summed E-state index contributed by atoms with van der Waals surface area (Å²) in [6.07, 6.45) is 35.5.